The number of rotatable bonds is 5. The van der Waals surface area contributed by atoms with Crippen molar-refractivity contribution < 1.29 is 4.74 Å². The van der Waals surface area contributed by atoms with Gasteiger partial charge in [-0.2, -0.15) is 16.4 Å². The van der Waals surface area contributed by atoms with Crippen LogP contribution in [0.4, 0.5) is 0 Å². The second kappa shape index (κ2) is 8.87. The summed E-state index contributed by atoms with van der Waals surface area (Å²) in [6, 6.07) is 10.4. The van der Waals surface area contributed by atoms with Crippen LogP contribution in [0.3, 0.4) is 0 Å². The molecule has 0 radical (unpaired) electrons. The lowest BCUT2D eigenvalue weighted by atomic mass is 9.98. The van der Waals surface area contributed by atoms with Crippen molar-refractivity contribution in [1.29, 1.82) is 0 Å². The first kappa shape index (κ1) is 21.3. The molecule has 6 aromatic heterocycles. The first-order valence-corrected chi connectivity index (χ1v) is 13.2. The van der Waals surface area contributed by atoms with Crippen molar-refractivity contribution in [1.82, 2.24) is 30.1 Å². The first-order chi connectivity index (χ1) is 17.8. The molecule has 7 nitrogen and oxygen atoms in total. The number of aromatic amines is 2. The number of ether oxygens (including phenoxy) is 1. The average Bonchev–Trinajstić information content (AvgIpc) is 3.68. The number of nitrogens with one attached hydrogen (secondary N) is 2. The third kappa shape index (κ3) is 3.83. The molecule has 0 aromatic carbocycles. The fraction of sp³-hybridized carbons (Fsp3) is 0.214. The first-order valence-electron chi connectivity index (χ1n) is 12.3. The fourth-order valence-corrected chi connectivity index (χ4v) is 5.76. The molecule has 36 heavy (non-hydrogen) atoms. The molecule has 2 N–H and O–H groups in total. The Morgan fingerprint density at radius 1 is 0.917 bits per heavy atom. The summed E-state index contributed by atoms with van der Waals surface area (Å²) in [7, 11) is 0. The highest BCUT2D eigenvalue weighted by molar-refractivity contribution is 7.08. The molecule has 8 heteroatoms. The van der Waals surface area contributed by atoms with Gasteiger partial charge in [-0.1, -0.05) is 6.42 Å². The van der Waals surface area contributed by atoms with Gasteiger partial charge in [0, 0.05) is 28.7 Å². The van der Waals surface area contributed by atoms with Gasteiger partial charge in [-0.15, -0.1) is 0 Å². The van der Waals surface area contributed by atoms with Crippen molar-refractivity contribution in [2.75, 3.05) is 0 Å². The number of H-pyrrole nitrogens is 2. The van der Waals surface area contributed by atoms with Crippen LogP contribution in [-0.2, 0) is 0 Å². The van der Waals surface area contributed by atoms with Crippen molar-refractivity contribution in [2.45, 2.75) is 38.2 Å². The van der Waals surface area contributed by atoms with Gasteiger partial charge in [-0.25, -0.2) is 4.98 Å². The normalized spacial score (nSPS) is 14.6. The molecule has 1 aliphatic carbocycles. The van der Waals surface area contributed by atoms with Gasteiger partial charge in [-0.3, -0.25) is 15.1 Å². The van der Waals surface area contributed by atoms with Crippen molar-refractivity contribution in [3.05, 3.63) is 65.9 Å². The van der Waals surface area contributed by atoms with Gasteiger partial charge < -0.3 is 9.72 Å². The molecule has 0 saturated heterocycles. The van der Waals surface area contributed by atoms with Crippen molar-refractivity contribution in [3.8, 4) is 39.5 Å². The number of pyridine rings is 3. The van der Waals surface area contributed by atoms with E-state index in [4.69, 9.17) is 4.74 Å². The lowest BCUT2D eigenvalue weighted by Crippen LogP contribution is -2.19. The van der Waals surface area contributed by atoms with Gasteiger partial charge in [0.2, 0.25) is 0 Å². The fourth-order valence-electron chi connectivity index (χ4n) is 5.10. The van der Waals surface area contributed by atoms with Crippen LogP contribution < -0.4 is 4.74 Å². The van der Waals surface area contributed by atoms with Crippen LogP contribution in [0.1, 0.15) is 32.1 Å². The van der Waals surface area contributed by atoms with Crippen molar-refractivity contribution in [3.63, 3.8) is 0 Å². The molecule has 0 atom stereocenters. The van der Waals surface area contributed by atoms with Crippen molar-refractivity contribution in [2.24, 2.45) is 0 Å². The summed E-state index contributed by atoms with van der Waals surface area (Å²) < 4.78 is 6.24. The second-order valence-electron chi connectivity index (χ2n) is 9.29. The number of fused-ring (bicyclic) bond motifs is 2. The van der Waals surface area contributed by atoms with Crippen LogP contribution in [0.2, 0.25) is 0 Å². The van der Waals surface area contributed by atoms with Gasteiger partial charge >= 0.3 is 0 Å². The van der Waals surface area contributed by atoms with E-state index in [0.717, 1.165) is 68.7 Å². The minimum Gasteiger partial charge on any atom is -0.489 e. The maximum Gasteiger partial charge on any atom is 0.138 e. The Labute approximate surface area is 211 Å². The van der Waals surface area contributed by atoms with Gasteiger partial charge in [0.15, 0.2) is 0 Å². The molecule has 7 rings (SSSR count). The third-order valence-electron chi connectivity index (χ3n) is 6.93. The quantitative estimate of drug-likeness (QED) is 0.270. The molecule has 0 spiro atoms. The summed E-state index contributed by atoms with van der Waals surface area (Å²) in [5, 5.41) is 14.1. The molecule has 6 aromatic rings. The topological polar surface area (TPSA) is 92.4 Å². The largest absolute Gasteiger partial charge is 0.489 e. The molecule has 0 bridgehead atoms. The van der Waals surface area contributed by atoms with Crippen LogP contribution in [-0.4, -0.2) is 36.2 Å². The molecule has 1 saturated carbocycles. The monoisotopic (exact) mass is 492 g/mol. The summed E-state index contributed by atoms with van der Waals surface area (Å²) in [4.78, 5) is 17.1. The zero-order valence-corrected chi connectivity index (χ0v) is 20.4. The van der Waals surface area contributed by atoms with E-state index in [-0.39, 0.29) is 6.10 Å². The Bertz CT molecular complexity index is 1660. The Kier molecular flexibility index (Phi) is 5.24. The highest BCUT2D eigenvalue weighted by atomic mass is 32.1. The molecule has 0 amide bonds. The molecule has 0 aliphatic heterocycles. The Hall–Kier alpha value is -4.04. The Balaban J connectivity index is 1.26. The third-order valence-corrected chi connectivity index (χ3v) is 7.61. The molecule has 178 valence electrons. The molecule has 1 aliphatic rings. The zero-order valence-electron chi connectivity index (χ0n) is 19.6. The summed E-state index contributed by atoms with van der Waals surface area (Å²) in [6.45, 7) is 0. The van der Waals surface area contributed by atoms with Gasteiger partial charge in [0.1, 0.15) is 17.1 Å². The summed E-state index contributed by atoms with van der Waals surface area (Å²) in [6.07, 6.45) is 13.6. The average molecular weight is 493 g/mol. The van der Waals surface area contributed by atoms with E-state index in [1.165, 1.54) is 24.8 Å². The number of hydrogen-bond acceptors (Lipinski definition) is 6. The van der Waals surface area contributed by atoms with Gasteiger partial charge in [-0.05, 0) is 77.9 Å². The van der Waals surface area contributed by atoms with Crippen LogP contribution in [0.5, 0.6) is 5.75 Å². The summed E-state index contributed by atoms with van der Waals surface area (Å²) in [5.74, 6) is 0.802. The maximum absolute atomic E-state index is 6.24. The molecule has 1 fully saturated rings. The van der Waals surface area contributed by atoms with Crippen LogP contribution in [0.25, 0.3) is 55.7 Å². The van der Waals surface area contributed by atoms with E-state index in [2.05, 4.69) is 65.2 Å². The SMILES string of the molecule is c1cc(-c2ccsc2)c2cc(-c3n[nH]c4cnc(-c5cncc(OC6CCCCC6)c5)cc34)[nH]c2n1. The van der Waals surface area contributed by atoms with E-state index in [1.54, 1.807) is 17.5 Å². The zero-order chi connectivity index (χ0) is 23.9. The van der Waals surface area contributed by atoms with E-state index in [9.17, 15) is 0 Å². The second-order valence-corrected chi connectivity index (χ2v) is 10.1. The predicted octanol–water partition coefficient (Wildman–Crippen LogP) is 7.00. The molecule has 0 unspecified atom stereocenters. The number of hydrogen-bond donors (Lipinski definition) is 2. The van der Waals surface area contributed by atoms with E-state index in [1.807, 2.05) is 24.7 Å². The van der Waals surface area contributed by atoms with Crippen LogP contribution >= 0.6 is 11.3 Å². The lowest BCUT2D eigenvalue weighted by Gasteiger charge is -2.22. The minimum atomic E-state index is 0.279. The molecule has 6 heterocycles. The highest BCUT2D eigenvalue weighted by Gasteiger charge is 2.17. The Morgan fingerprint density at radius 2 is 1.86 bits per heavy atom. The predicted molar refractivity (Wildman–Crippen MR) is 143 cm³/mol. The van der Waals surface area contributed by atoms with Gasteiger partial charge in [0.25, 0.3) is 0 Å². The minimum absolute atomic E-state index is 0.279. The van der Waals surface area contributed by atoms with E-state index >= 15 is 0 Å². The van der Waals surface area contributed by atoms with Crippen LogP contribution in [0.15, 0.2) is 65.9 Å². The standard InChI is InChI=1S/C28H24N6OS/c1-2-4-19(5-3-1)35-20-10-18(13-29-14-20)24-12-23-26(15-31-24)33-34-27(23)25-11-22-21(17-7-9-36-16-17)6-8-30-28(22)32-25/h6-16,19H,1-5H2,(H,30,32)(H,33,34). The van der Waals surface area contributed by atoms with E-state index in [0.29, 0.717) is 0 Å². The van der Waals surface area contributed by atoms with Gasteiger partial charge in [0.05, 0.1) is 35.4 Å². The molecular weight excluding hydrogens is 468 g/mol. The smallest absolute Gasteiger partial charge is 0.138 e. The Morgan fingerprint density at radius 3 is 2.75 bits per heavy atom. The number of nitrogens with zero attached hydrogens (tertiary/aromatic N) is 4. The highest BCUT2D eigenvalue weighted by Crippen LogP contribution is 2.35. The maximum atomic E-state index is 6.24. The lowest BCUT2D eigenvalue weighted by molar-refractivity contribution is 0.154. The van der Waals surface area contributed by atoms with Crippen molar-refractivity contribution >= 4 is 33.3 Å². The summed E-state index contributed by atoms with van der Waals surface area (Å²) in [5.41, 5.74) is 7.58. The summed E-state index contributed by atoms with van der Waals surface area (Å²) >= 11 is 1.69. The molecular formula is C28H24N6OS. The van der Waals surface area contributed by atoms with Crippen LogP contribution in [0, 0.1) is 0 Å². The number of aromatic nitrogens is 6. The number of thiophene rings is 1. The van der Waals surface area contributed by atoms with E-state index < -0.39 is 0 Å².